The second kappa shape index (κ2) is 7.21. The Labute approximate surface area is 87.6 Å². The smallest absolute Gasteiger partial charge is 0.0599 e. The number of nitrogens with two attached hydrogens (primary N) is 1. The summed E-state index contributed by atoms with van der Waals surface area (Å²) in [6.45, 7) is 7.39. The topological polar surface area (TPSA) is 38.5 Å². The third-order valence-corrected chi connectivity index (χ3v) is 2.87. The van der Waals surface area contributed by atoms with E-state index in [9.17, 15) is 0 Å². The molecule has 2 N–H and O–H groups in total. The van der Waals surface area contributed by atoms with Gasteiger partial charge in [-0.2, -0.15) is 0 Å². The molecule has 0 amide bonds. The fraction of sp³-hybridized carbons (Fsp3) is 1.00. The van der Waals surface area contributed by atoms with Crippen molar-refractivity contribution < 1.29 is 4.74 Å². The summed E-state index contributed by atoms with van der Waals surface area (Å²) in [6, 6.07) is 0. The van der Waals surface area contributed by atoms with Gasteiger partial charge in [0.1, 0.15) is 0 Å². The Hall–Kier alpha value is -0.120. The molecule has 0 radical (unpaired) electrons. The van der Waals surface area contributed by atoms with Gasteiger partial charge in [0.15, 0.2) is 0 Å². The van der Waals surface area contributed by atoms with E-state index in [-0.39, 0.29) is 0 Å². The normalized spacial score (nSPS) is 20.1. The molecule has 1 rings (SSSR count). The maximum Gasteiger partial charge on any atom is 0.0599 e. The molecule has 3 heteroatoms. The van der Waals surface area contributed by atoms with Gasteiger partial charge in [-0.05, 0) is 45.7 Å². The van der Waals surface area contributed by atoms with Gasteiger partial charge in [-0.15, -0.1) is 0 Å². The van der Waals surface area contributed by atoms with Gasteiger partial charge in [0.25, 0.3) is 0 Å². The highest BCUT2D eigenvalue weighted by atomic mass is 16.5. The van der Waals surface area contributed by atoms with E-state index >= 15 is 0 Å². The van der Waals surface area contributed by atoms with Crippen molar-refractivity contribution in [3.63, 3.8) is 0 Å². The van der Waals surface area contributed by atoms with Crippen molar-refractivity contribution >= 4 is 0 Å². The first-order valence-electron chi connectivity index (χ1n) is 5.90. The van der Waals surface area contributed by atoms with E-state index in [1.54, 1.807) is 0 Å². The molecule has 0 aromatic heterocycles. The highest BCUT2D eigenvalue weighted by molar-refractivity contribution is 4.72. The number of likely N-dealkylation sites (tertiary alicyclic amines) is 1. The van der Waals surface area contributed by atoms with Crippen LogP contribution in [-0.2, 0) is 4.74 Å². The lowest BCUT2D eigenvalue weighted by atomic mass is 10.1. The number of unbranched alkanes of at least 4 members (excludes halogenated alkanes) is 1. The Morgan fingerprint density at radius 2 is 2.00 bits per heavy atom. The average molecular weight is 200 g/mol. The number of hydrogen-bond donors (Lipinski definition) is 1. The molecule has 0 aromatic carbocycles. The maximum atomic E-state index is 5.61. The quantitative estimate of drug-likeness (QED) is 0.655. The van der Waals surface area contributed by atoms with Crippen LogP contribution in [0, 0.1) is 0 Å². The summed E-state index contributed by atoms with van der Waals surface area (Å²) in [4.78, 5) is 2.53. The molecule has 0 bridgehead atoms. The molecule has 84 valence electrons. The number of nitrogens with zero attached hydrogens (tertiary/aromatic N) is 1. The molecule has 0 aliphatic carbocycles. The Morgan fingerprint density at radius 1 is 1.29 bits per heavy atom. The summed E-state index contributed by atoms with van der Waals surface area (Å²) in [6.07, 6.45) is 5.33. The summed E-state index contributed by atoms with van der Waals surface area (Å²) < 4.78 is 5.61. The van der Waals surface area contributed by atoms with Gasteiger partial charge < -0.3 is 15.4 Å². The Bertz CT molecular complexity index is 133. The molecule has 1 saturated heterocycles. The number of ether oxygens (including phenoxy) is 1. The first-order chi connectivity index (χ1) is 6.86. The lowest BCUT2D eigenvalue weighted by molar-refractivity contribution is 0.0140. The number of rotatable bonds is 6. The zero-order chi connectivity index (χ0) is 10.2. The van der Waals surface area contributed by atoms with Gasteiger partial charge in [-0.3, -0.25) is 0 Å². The van der Waals surface area contributed by atoms with Crippen molar-refractivity contribution in [3.05, 3.63) is 0 Å². The van der Waals surface area contributed by atoms with Crippen molar-refractivity contribution in [1.29, 1.82) is 0 Å². The highest BCUT2D eigenvalue weighted by Gasteiger charge is 2.18. The minimum Gasteiger partial charge on any atom is -0.378 e. The van der Waals surface area contributed by atoms with Gasteiger partial charge >= 0.3 is 0 Å². The van der Waals surface area contributed by atoms with Gasteiger partial charge in [0.05, 0.1) is 6.10 Å². The zero-order valence-corrected chi connectivity index (χ0v) is 9.37. The second-order valence-electron chi connectivity index (χ2n) is 3.99. The summed E-state index contributed by atoms with van der Waals surface area (Å²) in [7, 11) is 0. The first kappa shape index (κ1) is 12.0. The zero-order valence-electron chi connectivity index (χ0n) is 9.37. The standard InChI is InChI=1S/C11H24N2O/c1-2-14-11-5-9-13(10-6-11)8-4-3-7-12/h11H,2-10,12H2,1H3. The summed E-state index contributed by atoms with van der Waals surface area (Å²) >= 11 is 0. The Kier molecular flexibility index (Phi) is 6.15. The summed E-state index contributed by atoms with van der Waals surface area (Å²) in [5, 5.41) is 0. The van der Waals surface area contributed by atoms with E-state index in [1.165, 1.54) is 38.9 Å². The molecular weight excluding hydrogens is 176 g/mol. The molecule has 14 heavy (non-hydrogen) atoms. The Balaban J connectivity index is 2.03. The van der Waals surface area contributed by atoms with Gasteiger partial charge in [-0.1, -0.05) is 0 Å². The molecule has 1 aliphatic rings. The summed E-state index contributed by atoms with van der Waals surface area (Å²) in [5.74, 6) is 0. The van der Waals surface area contributed by atoms with Crippen LogP contribution in [0.2, 0.25) is 0 Å². The first-order valence-corrected chi connectivity index (χ1v) is 5.90. The second-order valence-corrected chi connectivity index (χ2v) is 3.99. The largest absolute Gasteiger partial charge is 0.378 e. The van der Waals surface area contributed by atoms with Crippen molar-refractivity contribution in [3.8, 4) is 0 Å². The third-order valence-electron chi connectivity index (χ3n) is 2.87. The van der Waals surface area contributed by atoms with Crippen LogP contribution in [-0.4, -0.2) is 43.8 Å². The lowest BCUT2D eigenvalue weighted by Crippen LogP contribution is -2.37. The van der Waals surface area contributed by atoms with E-state index in [4.69, 9.17) is 10.5 Å². The van der Waals surface area contributed by atoms with Crippen LogP contribution in [0.3, 0.4) is 0 Å². The van der Waals surface area contributed by atoms with Crippen molar-refractivity contribution in [1.82, 2.24) is 4.90 Å². The van der Waals surface area contributed by atoms with Crippen LogP contribution in [0.25, 0.3) is 0 Å². The van der Waals surface area contributed by atoms with Crippen LogP contribution in [0.5, 0.6) is 0 Å². The number of piperidine rings is 1. The fourth-order valence-electron chi connectivity index (χ4n) is 2.01. The predicted octanol–water partition coefficient (Wildman–Crippen LogP) is 1.23. The van der Waals surface area contributed by atoms with Crippen LogP contribution in [0.15, 0.2) is 0 Å². The summed E-state index contributed by atoms with van der Waals surface area (Å²) in [5.41, 5.74) is 5.47. The predicted molar refractivity (Wildman–Crippen MR) is 59.4 cm³/mol. The minimum absolute atomic E-state index is 0.519. The van der Waals surface area contributed by atoms with E-state index in [0.29, 0.717) is 6.10 Å². The molecule has 3 nitrogen and oxygen atoms in total. The van der Waals surface area contributed by atoms with Gasteiger partial charge in [-0.25, -0.2) is 0 Å². The molecule has 1 aliphatic heterocycles. The average Bonchev–Trinajstić information content (AvgIpc) is 2.21. The molecule has 1 heterocycles. The lowest BCUT2D eigenvalue weighted by Gasteiger charge is -2.31. The minimum atomic E-state index is 0.519. The molecule has 0 atom stereocenters. The van der Waals surface area contributed by atoms with Gasteiger partial charge in [0, 0.05) is 19.7 Å². The molecule has 0 unspecified atom stereocenters. The fourth-order valence-corrected chi connectivity index (χ4v) is 2.01. The third kappa shape index (κ3) is 4.40. The monoisotopic (exact) mass is 200 g/mol. The van der Waals surface area contributed by atoms with E-state index in [1.807, 2.05) is 0 Å². The maximum absolute atomic E-state index is 5.61. The SMILES string of the molecule is CCOC1CCN(CCCCN)CC1. The molecule has 0 aromatic rings. The van der Waals surface area contributed by atoms with E-state index in [2.05, 4.69) is 11.8 Å². The molecule has 0 saturated carbocycles. The van der Waals surface area contributed by atoms with Crippen molar-refractivity contribution in [2.24, 2.45) is 5.73 Å². The molecule has 0 spiro atoms. The van der Waals surface area contributed by atoms with Crippen LogP contribution in [0.4, 0.5) is 0 Å². The van der Waals surface area contributed by atoms with Gasteiger partial charge in [0.2, 0.25) is 0 Å². The van der Waals surface area contributed by atoms with Crippen LogP contribution < -0.4 is 5.73 Å². The Morgan fingerprint density at radius 3 is 2.57 bits per heavy atom. The van der Waals surface area contributed by atoms with Crippen LogP contribution >= 0.6 is 0 Å². The molecule has 1 fully saturated rings. The number of hydrogen-bond acceptors (Lipinski definition) is 3. The van der Waals surface area contributed by atoms with Crippen LogP contribution in [0.1, 0.15) is 32.6 Å². The van der Waals surface area contributed by atoms with E-state index < -0.39 is 0 Å². The van der Waals surface area contributed by atoms with Crippen molar-refractivity contribution in [2.45, 2.75) is 38.7 Å². The van der Waals surface area contributed by atoms with Crippen molar-refractivity contribution in [2.75, 3.05) is 32.8 Å². The molecular formula is C11H24N2O. The highest BCUT2D eigenvalue weighted by Crippen LogP contribution is 2.13. The van der Waals surface area contributed by atoms with E-state index in [0.717, 1.165) is 19.6 Å².